The molecule has 8 atom stereocenters. The molecule has 9 heterocycles. The van der Waals surface area contributed by atoms with Crippen LogP contribution in [0.3, 0.4) is 0 Å². The number of piperidine rings is 2. The van der Waals surface area contributed by atoms with Crippen LogP contribution in [0.1, 0.15) is 64.2 Å². The van der Waals surface area contributed by atoms with E-state index in [-0.39, 0.29) is 64.9 Å². The van der Waals surface area contributed by atoms with Crippen LogP contribution in [0.4, 0.5) is 0 Å². The fourth-order valence-electron chi connectivity index (χ4n) is 8.38. The number of nitrogens with one attached hydrogen (secondary N) is 4. The number of carbonyl (C=O) groups excluding carboxylic acids is 2. The van der Waals surface area contributed by atoms with Gasteiger partial charge in [0.05, 0.1) is 17.8 Å². The zero-order valence-corrected chi connectivity index (χ0v) is 21.1. The lowest BCUT2D eigenvalue weighted by Gasteiger charge is -2.51. The van der Waals surface area contributed by atoms with Crippen LogP contribution >= 0.6 is 0 Å². The van der Waals surface area contributed by atoms with E-state index in [0.717, 1.165) is 25.7 Å². The smallest absolute Gasteiger partial charge is 0.356 e. The molecule has 12 nitrogen and oxygen atoms in total. The molecular weight excluding hydrogens is 492 g/mol. The zero-order chi connectivity index (χ0) is 26.3. The molecule has 9 aliphatic heterocycles. The summed E-state index contributed by atoms with van der Waals surface area (Å²) in [5.74, 6) is -3.07. The summed E-state index contributed by atoms with van der Waals surface area (Å²) in [4.78, 5) is 54.8. The van der Waals surface area contributed by atoms with Gasteiger partial charge in [0.1, 0.15) is 0 Å². The Balaban J connectivity index is 1.50. The number of amides is 2. The van der Waals surface area contributed by atoms with Gasteiger partial charge in [-0.3, -0.25) is 15.0 Å². The Morgan fingerprint density at radius 1 is 0.737 bits per heavy atom. The van der Waals surface area contributed by atoms with Crippen molar-refractivity contribution >= 4 is 23.8 Å². The van der Waals surface area contributed by atoms with Crippen LogP contribution in [-0.4, -0.2) is 74.1 Å². The van der Waals surface area contributed by atoms with Gasteiger partial charge in [-0.2, -0.15) is 0 Å². The van der Waals surface area contributed by atoms with Crippen molar-refractivity contribution in [3.63, 3.8) is 0 Å². The lowest BCUT2D eigenvalue weighted by atomic mass is 9.71. The first-order valence-electron chi connectivity index (χ1n) is 14.0. The molecule has 6 N–H and O–H groups in total. The number of rotatable bonds is 2. The summed E-state index contributed by atoms with van der Waals surface area (Å²) >= 11 is 0. The molecule has 2 amide bonds. The van der Waals surface area contributed by atoms with Gasteiger partial charge in [-0.1, -0.05) is 0 Å². The number of hydrazine groups is 1. The van der Waals surface area contributed by atoms with Crippen LogP contribution in [-0.2, 0) is 19.2 Å². The predicted molar refractivity (Wildman–Crippen MR) is 131 cm³/mol. The molecule has 204 valence electrons. The minimum atomic E-state index is -1.34. The van der Waals surface area contributed by atoms with Crippen molar-refractivity contribution in [3.8, 4) is 0 Å². The van der Waals surface area contributed by atoms with Crippen molar-refractivity contribution < 1.29 is 29.4 Å². The van der Waals surface area contributed by atoms with Crippen LogP contribution in [0.25, 0.3) is 0 Å². The molecule has 11 rings (SSSR count). The van der Waals surface area contributed by atoms with E-state index in [0.29, 0.717) is 44.2 Å². The van der Waals surface area contributed by atoms with Crippen molar-refractivity contribution in [2.45, 2.75) is 94.4 Å². The third-order valence-corrected chi connectivity index (χ3v) is 10.1. The average Bonchev–Trinajstić information content (AvgIpc) is 2.92. The van der Waals surface area contributed by atoms with Gasteiger partial charge in [-0.25, -0.2) is 14.6 Å². The maximum absolute atomic E-state index is 13.7. The van der Waals surface area contributed by atoms with E-state index >= 15 is 0 Å². The van der Waals surface area contributed by atoms with Gasteiger partial charge >= 0.3 is 11.9 Å². The summed E-state index contributed by atoms with van der Waals surface area (Å²) < 4.78 is 0. The number of carboxylic acid groups (broad SMARTS) is 2. The number of nitrogens with zero attached hydrogens (tertiary/aromatic N) is 2. The topological polar surface area (TPSA) is 163 Å². The molecule has 6 fully saturated rings. The minimum Gasteiger partial charge on any atom is -0.477 e. The molecule has 12 bridgehead atoms. The van der Waals surface area contributed by atoms with Crippen molar-refractivity contribution in [1.29, 1.82) is 0 Å². The van der Waals surface area contributed by atoms with Crippen LogP contribution < -0.4 is 21.4 Å². The summed E-state index contributed by atoms with van der Waals surface area (Å²) in [6.45, 7) is 0. The fraction of sp³-hybridized carbons (Fsp3) is 0.692. The Morgan fingerprint density at radius 3 is 2.05 bits per heavy atom. The molecule has 2 aliphatic carbocycles. The van der Waals surface area contributed by atoms with Crippen molar-refractivity contribution in [2.24, 2.45) is 17.8 Å². The summed E-state index contributed by atoms with van der Waals surface area (Å²) in [6.07, 6.45) is 7.00. The molecule has 0 aromatic carbocycles. The Kier molecular flexibility index (Phi) is 5.49. The average molecular weight is 527 g/mol. The fourth-order valence-corrected chi connectivity index (χ4v) is 8.38. The number of fused-ring (bicyclic) bond motifs is 3. The number of allylic oxidation sites excluding steroid dienone is 1. The molecule has 0 radical (unpaired) electrons. The van der Waals surface area contributed by atoms with Crippen molar-refractivity contribution in [3.05, 3.63) is 22.9 Å². The summed E-state index contributed by atoms with van der Waals surface area (Å²) in [7, 11) is 0. The lowest BCUT2D eigenvalue weighted by Crippen LogP contribution is -2.64. The Labute approximate surface area is 219 Å². The van der Waals surface area contributed by atoms with E-state index in [2.05, 4.69) is 21.4 Å². The molecule has 4 saturated heterocycles. The number of aliphatic carboxylic acids is 2. The van der Waals surface area contributed by atoms with Crippen LogP contribution in [0.5, 0.6) is 0 Å². The number of carboxylic acids is 2. The maximum Gasteiger partial charge on any atom is 0.356 e. The Hall–Kier alpha value is -3.12. The highest BCUT2D eigenvalue weighted by Crippen LogP contribution is 2.47. The second-order valence-corrected chi connectivity index (χ2v) is 12.0. The van der Waals surface area contributed by atoms with Gasteiger partial charge in [0, 0.05) is 24.0 Å². The van der Waals surface area contributed by atoms with Gasteiger partial charge in [0.15, 0.2) is 17.2 Å². The van der Waals surface area contributed by atoms with E-state index in [1.54, 1.807) is 0 Å². The van der Waals surface area contributed by atoms with Crippen molar-refractivity contribution in [1.82, 2.24) is 31.3 Å². The molecular formula is C26H34N6O6. The third kappa shape index (κ3) is 3.56. The molecule has 0 aromatic rings. The van der Waals surface area contributed by atoms with Gasteiger partial charge < -0.3 is 31.1 Å². The molecule has 0 aromatic heterocycles. The summed E-state index contributed by atoms with van der Waals surface area (Å²) in [5, 5.41) is 32.4. The van der Waals surface area contributed by atoms with Crippen molar-refractivity contribution in [2.75, 3.05) is 0 Å². The maximum atomic E-state index is 13.7. The summed E-state index contributed by atoms with van der Waals surface area (Å²) in [6, 6.07) is -1.03. The molecule has 12 heteroatoms. The van der Waals surface area contributed by atoms with E-state index in [1.807, 2.05) is 0 Å². The lowest BCUT2D eigenvalue weighted by molar-refractivity contribution is -0.139. The van der Waals surface area contributed by atoms with Crippen LogP contribution in [0, 0.1) is 17.8 Å². The second kappa shape index (κ2) is 8.70. The molecule has 2 saturated carbocycles. The number of hydrogen-bond acceptors (Lipinski definition) is 8. The first kappa shape index (κ1) is 24.0. The Bertz CT molecular complexity index is 1180. The molecule has 11 aliphatic rings. The van der Waals surface area contributed by atoms with Crippen LogP contribution in [0.2, 0.25) is 0 Å². The highest BCUT2D eigenvalue weighted by Gasteiger charge is 2.51. The molecule has 8 unspecified atom stereocenters. The third-order valence-electron chi connectivity index (χ3n) is 10.1. The molecule has 0 spiro atoms. The highest BCUT2D eigenvalue weighted by atomic mass is 16.4. The predicted octanol–water partition coefficient (Wildman–Crippen LogP) is 0.155. The first-order chi connectivity index (χ1) is 18.3. The second-order valence-electron chi connectivity index (χ2n) is 12.0. The van der Waals surface area contributed by atoms with Gasteiger partial charge in [-0.05, 0) is 76.0 Å². The van der Waals surface area contributed by atoms with E-state index < -0.39 is 24.0 Å². The number of hydrogen-bond donors (Lipinski definition) is 6. The molecule has 38 heavy (non-hydrogen) atoms. The SMILES string of the molecule is O=C(O)C1=C2NC(=O)C3CCC4CC(CCC4N3)C3=C(C(=O)O)N1C1CCC4NC(CCC4C1)C(=O)NN23. The van der Waals surface area contributed by atoms with Gasteiger partial charge in [-0.15, -0.1) is 0 Å². The van der Waals surface area contributed by atoms with E-state index in [4.69, 9.17) is 0 Å². The van der Waals surface area contributed by atoms with Gasteiger partial charge in [0.2, 0.25) is 5.91 Å². The summed E-state index contributed by atoms with van der Waals surface area (Å²) in [5.41, 5.74) is 2.90. The minimum absolute atomic E-state index is 0.0648. The first-order valence-corrected chi connectivity index (χ1v) is 14.0. The standard InChI is InChI=1S/C26H34N6O6/c33-23-17-6-1-11-9-13(3-5-15(11)27-17)19-20(25(35)36)31-14-4-8-16-12(10-14)2-7-18(28-16)24(34)30-32(19)22(29-23)21(31)26(37)38/h11-18,27-28H,1-10H2,(H,29,33)(H,30,34)(H,35,36)(H,37,38). The quantitative estimate of drug-likeness (QED) is 0.292. The highest BCUT2D eigenvalue weighted by molar-refractivity contribution is 5.96. The van der Waals surface area contributed by atoms with E-state index in [9.17, 15) is 29.4 Å². The largest absolute Gasteiger partial charge is 0.477 e. The van der Waals surface area contributed by atoms with Crippen LogP contribution in [0.15, 0.2) is 22.9 Å². The Morgan fingerprint density at radius 2 is 1.37 bits per heavy atom. The van der Waals surface area contributed by atoms with Gasteiger partial charge in [0.25, 0.3) is 5.91 Å². The normalized spacial score (nSPS) is 40.0. The number of carbonyl (C=O) groups is 4. The van der Waals surface area contributed by atoms with E-state index in [1.165, 1.54) is 9.91 Å². The monoisotopic (exact) mass is 526 g/mol. The zero-order valence-electron chi connectivity index (χ0n) is 21.1.